The van der Waals surface area contributed by atoms with Gasteiger partial charge in [-0.05, 0) is 45.0 Å². The second kappa shape index (κ2) is 5.25. The number of amides is 1. The molecule has 1 aromatic rings. The number of nitrogens with zero attached hydrogens (tertiary/aromatic N) is 1. The first-order chi connectivity index (χ1) is 8.98. The molecule has 1 aromatic carbocycles. The maximum atomic E-state index is 13.2. The van der Waals surface area contributed by atoms with E-state index in [2.05, 4.69) is 5.32 Å². The second-order valence-electron chi connectivity index (χ2n) is 5.22. The zero-order chi connectivity index (χ0) is 14.0. The molecule has 1 atom stereocenters. The number of carbonyl (C=O) groups excluding carboxylic acids is 1. The first-order valence-corrected chi connectivity index (χ1v) is 6.39. The monoisotopic (exact) mass is 268 g/mol. The van der Waals surface area contributed by atoms with E-state index in [4.69, 9.17) is 0 Å². The number of halogens is 2. The van der Waals surface area contributed by atoms with Crippen molar-refractivity contribution < 1.29 is 13.6 Å². The lowest BCUT2D eigenvalue weighted by Crippen LogP contribution is -2.50. The third-order valence-corrected chi connectivity index (χ3v) is 3.72. The maximum absolute atomic E-state index is 13.2. The highest BCUT2D eigenvalue weighted by molar-refractivity contribution is 5.95. The van der Waals surface area contributed by atoms with Gasteiger partial charge in [0.2, 0.25) is 0 Å². The van der Waals surface area contributed by atoms with E-state index in [1.54, 1.807) is 4.90 Å². The number of hydrogen-bond acceptors (Lipinski definition) is 2. The van der Waals surface area contributed by atoms with Crippen molar-refractivity contribution in [2.24, 2.45) is 0 Å². The van der Waals surface area contributed by atoms with E-state index < -0.39 is 11.6 Å². The molecule has 1 amide bonds. The van der Waals surface area contributed by atoms with E-state index in [0.717, 1.165) is 25.0 Å². The van der Waals surface area contributed by atoms with Crippen LogP contribution in [0.25, 0.3) is 0 Å². The minimum absolute atomic E-state index is 0.197. The third kappa shape index (κ3) is 2.61. The summed E-state index contributed by atoms with van der Waals surface area (Å²) in [6.07, 6.45) is 1.83. The molecular weight excluding hydrogens is 250 g/mol. The summed E-state index contributed by atoms with van der Waals surface area (Å²) in [6.45, 7) is 3.34. The molecule has 104 valence electrons. The number of benzene rings is 1. The molecular formula is C14H18F2N2O. The van der Waals surface area contributed by atoms with Crippen LogP contribution in [0.15, 0.2) is 18.2 Å². The van der Waals surface area contributed by atoms with Crippen LogP contribution in [0.1, 0.15) is 30.1 Å². The molecule has 1 unspecified atom stereocenters. The fourth-order valence-corrected chi connectivity index (χ4v) is 2.72. The van der Waals surface area contributed by atoms with Gasteiger partial charge in [-0.15, -0.1) is 0 Å². The van der Waals surface area contributed by atoms with Gasteiger partial charge in [-0.1, -0.05) is 0 Å². The Labute approximate surface area is 111 Å². The maximum Gasteiger partial charge on any atom is 0.254 e. The minimum atomic E-state index is -0.986. The molecule has 0 bridgehead atoms. The van der Waals surface area contributed by atoms with Gasteiger partial charge in [0.05, 0.1) is 5.54 Å². The van der Waals surface area contributed by atoms with Gasteiger partial charge < -0.3 is 10.2 Å². The molecule has 0 aromatic heterocycles. The highest BCUT2D eigenvalue weighted by atomic mass is 19.2. The largest absolute Gasteiger partial charge is 0.332 e. The van der Waals surface area contributed by atoms with Crippen molar-refractivity contribution in [3.05, 3.63) is 35.4 Å². The van der Waals surface area contributed by atoms with Crippen LogP contribution < -0.4 is 5.32 Å². The Hall–Kier alpha value is -1.49. The third-order valence-electron chi connectivity index (χ3n) is 3.72. The van der Waals surface area contributed by atoms with Crippen LogP contribution in [0, 0.1) is 11.6 Å². The minimum Gasteiger partial charge on any atom is -0.332 e. The predicted octanol–water partition coefficient (Wildman–Crippen LogP) is 2.18. The fourth-order valence-electron chi connectivity index (χ4n) is 2.72. The molecule has 19 heavy (non-hydrogen) atoms. The van der Waals surface area contributed by atoms with E-state index in [0.29, 0.717) is 13.1 Å². The Balaban J connectivity index is 2.25. The van der Waals surface area contributed by atoms with Gasteiger partial charge in [-0.25, -0.2) is 8.78 Å². The van der Waals surface area contributed by atoms with Crippen molar-refractivity contribution in [1.82, 2.24) is 10.2 Å². The molecule has 1 saturated heterocycles. The smallest absolute Gasteiger partial charge is 0.254 e. The molecule has 1 aliphatic rings. The summed E-state index contributed by atoms with van der Waals surface area (Å²) in [5.41, 5.74) is -0.0698. The summed E-state index contributed by atoms with van der Waals surface area (Å²) in [5, 5.41) is 3.08. The van der Waals surface area contributed by atoms with Crippen molar-refractivity contribution in [1.29, 1.82) is 0 Å². The van der Waals surface area contributed by atoms with E-state index in [9.17, 15) is 13.6 Å². The number of likely N-dealkylation sites (tertiary alicyclic amines) is 1. The summed E-state index contributed by atoms with van der Waals surface area (Å²) < 4.78 is 26.1. The molecule has 1 N–H and O–H groups in total. The van der Waals surface area contributed by atoms with Crippen LogP contribution in [-0.4, -0.2) is 36.5 Å². The molecule has 1 aliphatic heterocycles. The van der Waals surface area contributed by atoms with Crippen molar-refractivity contribution in [3.63, 3.8) is 0 Å². The van der Waals surface area contributed by atoms with Crippen LogP contribution in [0.2, 0.25) is 0 Å². The molecule has 1 heterocycles. The lowest BCUT2D eigenvalue weighted by molar-refractivity contribution is 0.0626. The Morgan fingerprint density at radius 2 is 2.16 bits per heavy atom. The van der Waals surface area contributed by atoms with Crippen LogP contribution in [0.4, 0.5) is 8.78 Å². The zero-order valence-electron chi connectivity index (χ0n) is 11.2. The Morgan fingerprint density at radius 3 is 2.79 bits per heavy atom. The summed E-state index contributed by atoms with van der Waals surface area (Å²) in [4.78, 5) is 14.2. The normalized spacial score (nSPS) is 22.8. The van der Waals surface area contributed by atoms with Gasteiger partial charge in [0.1, 0.15) is 0 Å². The zero-order valence-corrected chi connectivity index (χ0v) is 11.2. The first kappa shape index (κ1) is 13.9. The average molecular weight is 268 g/mol. The van der Waals surface area contributed by atoms with E-state index in [-0.39, 0.29) is 17.0 Å². The van der Waals surface area contributed by atoms with E-state index in [1.807, 2.05) is 14.0 Å². The van der Waals surface area contributed by atoms with Gasteiger partial charge in [-0.3, -0.25) is 4.79 Å². The van der Waals surface area contributed by atoms with Gasteiger partial charge >= 0.3 is 0 Å². The van der Waals surface area contributed by atoms with Crippen LogP contribution in [0.5, 0.6) is 0 Å². The summed E-state index contributed by atoms with van der Waals surface area (Å²) in [7, 11) is 1.84. The van der Waals surface area contributed by atoms with Crippen molar-refractivity contribution >= 4 is 5.91 Å². The van der Waals surface area contributed by atoms with Crippen molar-refractivity contribution in [2.45, 2.75) is 25.3 Å². The van der Waals surface area contributed by atoms with Gasteiger partial charge in [0, 0.05) is 18.7 Å². The summed E-state index contributed by atoms with van der Waals surface area (Å²) in [6, 6.07) is 3.29. The standard InChI is InChI=1S/C14H18F2N2O/c1-14(9-17-2)6-3-7-18(14)13(19)10-4-5-11(15)12(16)8-10/h4-5,8,17H,3,6-7,9H2,1-2H3. The van der Waals surface area contributed by atoms with Crippen molar-refractivity contribution in [3.8, 4) is 0 Å². The summed E-state index contributed by atoms with van der Waals surface area (Å²) in [5.74, 6) is -2.16. The SMILES string of the molecule is CNCC1(C)CCCN1C(=O)c1ccc(F)c(F)c1. The molecule has 5 heteroatoms. The van der Waals surface area contributed by atoms with Crippen LogP contribution >= 0.6 is 0 Å². The number of hydrogen-bond donors (Lipinski definition) is 1. The second-order valence-corrected chi connectivity index (χ2v) is 5.22. The Bertz CT molecular complexity index is 492. The molecule has 1 fully saturated rings. The highest BCUT2D eigenvalue weighted by Crippen LogP contribution is 2.30. The molecule has 0 aliphatic carbocycles. The molecule has 0 saturated carbocycles. The van der Waals surface area contributed by atoms with Crippen LogP contribution in [0.3, 0.4) is 0 Å². The fraction of sp³-hybridized carbons (Fsp3) is 0.500. The highest BCUT2D eigenvalue weighted by Gasteiger charge is 2.39. The molecule has 0 spiro atoms. The number of rotatable bonds is 3. The molecule has 3 nitrogen and oxygen atoms in total. The van der Waals surface area contributed by atoms with Gasteiger partial charge in [0.15, 0.2) is 11.6 Å². The number of carbonyl (C=O) groups is 1. The van der Waals surface area contributed by atoms with Gasteiger partial charge in [-0.2, -0.15) is 0 Å². The van der Waals surface area contributed by atoms with Gasteiger partial charge in [0.25, 0.3) is 5.91 Å². The van der Waals surface area contributed by atoms with E-state index >= 15 is 0 Å². The number of likely N-dealkylation sites (N-methyl/N-ethyl adjacent to an activating group) is 1. The quantitative estimate of drug-likeness (QED) is 0.911. The van der Waals surface area contributed by atoms with E-state index in [1.165, 1.54) is 6.07 Å². The topological polar surface area (TPSA) is 32.3 Å². The predicted molar refractivity (Wildman–Crippen MR) is 69.0 cm³/mol. The lowest BCUT2D eigenvalue weighted by atomic mass is 9.98. The Kier molecular flexibility index (Phi) is 3.85. The van der Waals surface area contributed by atoms with Crippen molar-refractivity contribution in [2.75, 3.05) is 20.1 Å². The average Bonchev–Trinajstić information content (AvgIpc) is 2.74. The number of nitrogens with one attached hydrogen (secondary N) is 1. The first-order valence-electron chi connectivity index (χ1n) is 6.39. The molecule has 2 rings (SSSR count). The lowest BCUT2D eigenvalue weighted by Gasteiger charge is -2.35. The Morgan fingerprint density at radius 1 is 1.42 bits per heavy atom. The molecule has 0 radical (unpaired) electrons. The summed E-state index contributed by atoms with van der Waals surface area (Å²) >= 11 is 0. The van der Waals surface area contributed by atoms with Crippen LogP contribution in [-0.2, 0) is 0 Å².